The van der Waals surface area contributed by atoms with E-state index in [1.165, 1.54) is 48.5 Å². The van der Waals surface area contributed by atoms with Crippen molar-refractivity contribution in [2.24, 2.45) is 0 Å². The molecule has 0 amide bonds. The number of carbonyl (C=O) groups is 2. The van der Waals surface area contributed by atoms with E-state index in [1.54, 1.807) is 12.1 Å². The van der Waals surface area contributed by atoms with Gasteiger partial charge in [0.15, 0.2) is 6.04 Å². The van der Waals surface area contributed by atoms with Crippen LogP contribution < -0.4 is 5.32 Å². The number of hydrogen-bond acceptors (Lipinski definition) is 9. The van der Waals surface area contributed by atoms with E-state index >= 15 is 0 Å². The van der Waals surface area contributed by atoms with E-state index < -0.39 is 43.6 Å². The van der Waals surface area contributed by atoms with E-state index in [9.17, 15) is 26.4 Å². The summed E-state index contributed by atoms with van der Waals surface area (Å²) in [6, 6.07) is 12.0. The number of nitrogens with zero attached hydrogens (tertiary/aromatic N) is 2. The highest BCUT2D eigenvalue weighted by Gasteiger charge is 2.57. The van der Waals surface area contributed by atoms with Crippen molar-refractivity contribution in [3.63, 3.8) is 0 Å². The van der Waals surface area contributed by atoms with Crippen LogP contribution >= 0.6 is 0 Å². The predicted molar refractivity (Wildman–Crippen MR) is 136 cm³/mol. The molecular formula is C25H29N3O8S2. The minimum absolute atomic E-state index is 0.245. The largest absolute Gasteiger partial charge is 0.468 e. The number of nitrogens with one attached hydrogen (secondary N) is 1. The Labute approximate surface area is 222 Å². The molecule has 1 saturated carbocycles. The predicted octanol–water partition coefficient (Wildman–Crippen LogP) is 2.15. The van der Waals surface area contributed by atoms with Crippen LogP contribution in [0.2, 0.25) is 0 Å². The average Bonchev–Trinajstić information content (AvgIpc) is 3.30. The summed E-state index contributed by atoms with van der Waals surface area (Å²) in [5.41, 5.74) is -0.482. The van der Waals surface area contributed by atoms with E-state index in [0.29, 0.717) is 21.7 Å². The van der Waals surface area contributed by atoms with Crippen LogP contribution in [0.5, 0.6) is 0 Å². The molecular weight excluding hydrogens is 534 g/mol. The van der Waals surface area contributed by atoms with Crippen LogP contribution in [0.25, 0.3) is 0 Å². The van der Waals surface area contributed by atoms with Crippen molar-refractivity contribution in [1.29, 1.82) is 0 Å². The Morgan fingerprint density at radius 2 is 1.32 bits per heavy atom. The smallest absolute Gasteiger partial charge is 0.339 e. The first-order chi connectivity index (χ1) is 18.1. The minimum atomic E-state index is -4.74. The molecule has 0 aromatic heterocycles. The number of hydrogen-bond donors (Lipinski definition) is 1. The molecule has 1 fully saturated rings. The van der Waals surface area contributed by atoms with Crippen LogP contribution in [-0.4, -0.2) is 63.9 Å². The zero-order valence-electron chi connectivity index (χ0n) is 20.9. The summed E-state index contributed by atoms with van der Waals surface area (Å²) in [4.78, 5) is 25.8. The molecule has 1 heterocycles. The third kappa shape index (κ3) is 5.00. The van der Waals surface area contributed by atoms with Crippen LogP contribution in [0.15, 0.2) is 81.8 Å². The van der Waals surface area contributed by atoms with E-state index in [-0.39, 0.29) is 21.7 Å². The second-order valence-electron chi connectivity index (χ2n) is 8.81. The van der Waals surface area contributed by atoms with Crippen molar-refractivity contribution in [3.8, 4) is 0 Å². The van der Waals surface area contributed by atoms with Crippen LogP contribution in [0.4, 0.5) is 0 Å². The fraction of sp³-hybridized carbons (Fsp3) is 0.360. The molecule has 11 nitrogen and oxygen atoms in total. The summed E-state index contributed by atoms with van der Waals surface area (Å²) in [5, 5.41) is 3.08. The molecule has 0 saturated heterocycles. The standard InChI is InChI=1S/C25H29N3O8S2/c1-35-24(29)21-22(25(30)36-2)27(37(31,32)19-14-8-4-9-15-19)28(23(21)26-18-12-6-3-7-13-18)38(33,34)20-16-10-5-11-17-20/h4-5,8-11,14-18,22,26H,3,6-7,12-13H2,1-2H3. The molecule has 38 heavy (non-hydrogen) atoms. The molecule has 2 aromatic carbocycles. The molecule has 1 aliphatic heterocycles. The van der Waals surface area contributed by atoms with Gasteiger partial charge in [0.2, 0.25) is 0 Å². The first kappa shape index (κ1) is 27.6. The SMILES string of the molecule is COC(=O)C1=C(NC2CCCCC2)N(S(=O)(=O)c2ccccc2)N(S(=O)(=O)c2ccccc2)C1C(=O)OC. The van der Waals surface area contributed by atoms with Crippen molar-refractivity contribution in [3.05, 3.63) is 72.1 Å². The number of ether oxygens (including phenoxy) is 2. The van der Waals surface area contributed by atoms with Gasteiger partial charge in [0.05, 0.1) is 24.0 Å². The van der Waals surface area contributed by atoms with E-state index in [2.05, 4.69) is 5.32 Å². The zero-order chi connectivity index (χ0) is 27.5. The van der Waals surface area contributed by atoms with Gasteiger partial charge in [-0.25, -0.2) is 18.0 Å². The fourth-order valence-corrected chi connectivity index (χ4v) is 8.00. The maximum Gasteiger partial charge on any atom is 0.339 e. The molecule has 204 valence electrons. The summed E-state index contributed by atoms with van der Waals surface area (Å²) < 4.78 is 67.1. The molecule has 4 rings (SSSR count). The fourth-order valence-electron chi connectivity index (χ4n) is 4.61. The Bertz CT molecular complexity index is 1420. The Hall–Kier alpha value is -3.42. The van der Waals surface area contributed by atoms with Crippen LogP contribution in [0.1, 0.15) is 32.1 Å². The third-order valence-electron chi connectivity index (χ3n) is 6.45. The monoisotopic (exact) mass is 563 g/mol. The maximum absolute atomic E-state index is 14.1. The zero-order valence-corrected chi connectivity index (χ0v) is 22.6. The number of esters is 2. The topological polar surface area (TPSA) is 139 Å². The van der Waals surface area contributed by atoms with E-state index in [0.717, 1.165) is 33.5 Å². The minimum Gasteiger partial charge on any atom is -0.468 e. The Kier molecular flexibility index (Phi) is 8.09. The summed E-state index contributed by atoms with van der Waals surface area (Å²) in [6.07, 6.45) is 4.02. The second-order valence-corrected chi connectivity index (χ2v) is 12.4. The van der Waals surface area contributed by atoms with Crippen molar-refractivity contribution in [1.82, 2.24) is 14.1 Å². The molecule has 2 aromatic rings. The van der Waals surface area contributed by atoms with Crippen molar-refractivity contribution < 1.29 is 35.9 Å². The van der Waals surface area contributed by atoms with Gasteiger partial charge in [-0.05, 0) is 37.1 Å². The number of carbonyl (C=O) groups excluding carboxylic acids is 2. The lowest BCUT2D eigenvalue weighted by Crippen LogP contribution is -2.53. The lowest BCUT2D eigenvalue weighted by Gasteiger charge is -2.34. The average molecular weight is 564 g/mol. The van der Waals surface area contributed by atoms with Gasteiger partial charge >= 0.3 is 11.9 Å². The lowest BCUT2D eigenvalue weighted by molar-refractivity contribution is -0.147. The molecule has 0 radical (unpaired) electrons. The number of benzene rings is 2. The molecule has 1 aliphatic carbocycles. The van der Waals surface area contributed by atoms with Crippen LogP contribution in [0, 0.1) is 0 Å². The summed E-state index contributed by atoms with van der Waals surface area (Å²) in [5.74, 6) is -2.58. The van der Waals surface area contributed by atoms with Gasteiger partial charge in [-0.15, -0.1) is 0 Å². The Morgan fingerprint density at radius 3 is 1.82 bits per heavy atom. The van der Waals surface area contributed by atoms with Gasteiger partial charge in [-0.2, -0.15) is 12.8 Å². The normalized spacial score (nSPS) is 19.3. The summed E-state index contributed by atoms with van der Waals surface area (Å²) >= 11 is 0. The van der Waals surface area contributed by atoms with Gasteiger partial charge < -0.3 is 14.8 Å². The molecule has 1 atom stereocenters. The second kappa shape index (κ2) is 11.1. The third-order valence-corrected chi connectivity index (χ3v) is 9.97. The molecule has 2 aliphatic rings. The van der Waals surface area contributed by atoms with Crippen molar-refractivity contribution >= 4 is 32.0 Å². The van der Waals surface area contributed by atoms with E-state index in [4.69, 9.17) is 9.47 Å². The molecule has 1 unspecified atom stereocenters. The van der Waals surface area contributed by atoms with Gasteiger partial charge in [0.1, 0.15) is 11.4 Å². The molecule has 13 heteroatoms. The maximum atomic E-state index is 14.1. The summed E-state index contributed by atoms with van der Waals surface area (Å²) in [6.45, 7) is 0. The van der Waals surface area contributed by atoms with E-state index in [1.807, 2.05) is 0 Å². The lowest BCUT2D eigenvalue weighted by atomic mass is 9.95. The molecule has 0 bridgehead atoms. The molecule has 0 spiro atoms. The van der Waals surface area contributed by atoms with Gasteiger partial charge in [-0.3, -0.25) is 0 Å². The van der Waals surface area contributed by atoms with Gasteiger partial charge in [0, 0.05) is 6.04 Å². The van der Waals surface area contributed by atoms with Crippen molar-refractivity contribution in [2.45, 2.75) is 54.0 Å². The highest BCUT2D eigenvalue weighted by Crippen LogP contribution is 2.39. The highest BCUT2D eigenvalue weighted by atomic mass is 32.2. The van der Waals surface area contributed by atoms with Crippen LogP contribution in [-0.2, 0) is 39.1 Å². The van der Waals surface area contributed by atoms with Crippen molar-refractivity contribution in [2.75, 3.05) is 14.2 Å². The number of sulfonamides is 2. The number of hydrazine groups is 1. The van der Waals surface area contributed by atoms with Crippen LogP contribution in [0.3, 0.4) is 0 Å². The number of methoxy groups -OCH3 is 2. The first-order valence-corrected chi connectivity index (χ1v) is 14.9. The number of rotatable bonds is 8. The Morgan fingerprint density at radius 1 is 0.789 bits per heavy atom. The highest BCUT2D eigenvalue weighted by molar-refractivity contribution is 7.92. The first-order valence-electron chi connectivity index (χ1n) is 12.0. The van der Waals surface area contributed by atoms with Gasteiger partial charge in [0.25, 0.3) is 20.0 Å². The quantitative estimate of drug-likeness (QED) is 0.479. The Balaban J connectivity index is 2.03. The van der Waals surface area contributed by atoms with Gasteiger partial charge in [-0.1, -0.05) is 60.1 Å². The summed E-state index contributed by atoms with van der Waals surface area (Å²) in [7, 11) is -7.34. The molecule has 1 N–H and O–H groups in total.